The Balaban J connectivity index is 2.40. The van der Waals surface area contributed by atoms with Gasteiger partial charge < -0.3 is 11.5 Å². The first-order valence-corrected chi connectivity index (χ1v) is 3.11. The van der Waals surface area contributed by atoms with Crippen LogP contribution in [0, 0.1) is 23.2 Å². The average Bonchev–Trinajstić information content (AvgIpc) is 2.64. The third kappa shape index (κ3) is 1.09. The Kier molecular flexibility index (Phi) is 1.60. The second kappa shape index (κ2) is 2.27. The normalized spacial score (nSPS) is 32.4. The van der Waals surface area contributed by atoms with E-state index in [4.69, 9.17) is 16.7 Å². The monoisotopic (exact) mass is 139 g/mol. The Morgan fingerprint density at radius 2 is 2.40 bits per heavy atom. The second-order valence-electron chi connectivity index (χ2n) is 2.56. The van der Waals surface area contributed by atoms with Crippen molar-refractivity contribution in [3.8, 4) is 6.07 Å². The number of rotatable bonds is 2. The molecule has 3 unspecified atom stereocenters. The molecule has 4 heteroatoms. The van der Waals surface area contributed by atoms with E-state index in [1.54, 1.807) is 0 Å². The van der Waals surface area contributed by atoms with Crippen LogP contribution < -0.4 is 11.5 Å². The summed E-state index contributed by atoms with van der Waals surface area (Å²) in [6.07, 6.45) is 0.685. The van der Waals surface area contributed by atoms with Crippen LogP contribution in [0.3, 0.4) is 0 Å². The maximum Gasteiger partial charge on any atom is 0.220 e. The smallest absolute Gasteiger partial charge is 0.220 e. The first-order valence-electron chi connectivity index (χ1n) is 3.11. The third-order valence-corrected chi connectivity index (χ3v) is 1.82. The number of carbonyl (C=O) groups is 1. The summed E-state index contributed by atoms with van der Waals surface area (Å²) in [6.45, 7) is 0. The SMILES string of the molecule is N#CC(N)C1CC1C(N)=O. The number of hydrogen-bond acceptors (Lipinski definition) is 3. The van der Waals surface area contributed by atoms with Crippen LogP contribution >= 0.6 is 0 Å². The van der Waals surface area contributed by atoms with Crippen LogP contribution in [-0.4, -0.2) is 11.9 Å². The summed E-state index contributed by atoms with van der Waals surface area (Å²) in [5.41, 5.74) is 10.3. The summed E-state index contributed by atoms with van der Waals surface area (Å²) in [7, 11) is 0. The van der Waals surface area contributed by atoms with Crippen molar-refractivity contribution in [3.63, 3.8) is 0 Å². The molecule has 0 bridgehead atoms. The molecule has 0 aromatic carbocycles. The molecule has 1 aliphatic rings. The molecule has 54 valence electrons. The molecular formula is C6H9N3O. The van der Waals surface area contributed by atoms with E-state index in [-0.39, 0.29) is 17.7 Å². The Morgan fingerprint density at radius 1 is 1.80 bits per heavy atom. The second-order valence-corrected chi connectivity index (χ2v) is 2.56. The van der Waals surface area contributed by atoms with Crippen LogP contribution in [0.5, 0.6) is 0 Å². The predicted octanol–water partition coefficient (Wildman–Crippen LogP) is -1.04. The van der Waals surface area contributed by atoms with E-state index in [9.17, 15) is 4.79 Å². The number of hydrogen-bond donors (Lipinski definition) is 2. The quantitative estimate of drug-likeness (QED) is 0.511. The Labute approximate surface area is 58.8 Å². The van der Waals surface area contributed by atoms with Crippen LogP contribution in [-0.2, 0) is 4.79 Å². The van der Waals surface area contributed by atoms with Crippen LogP contribution in [0.1, 0.15) is 6.42 Å². The summed E-state index contributed by atoms with van der Waals surface area (Å²) in [5.74, 6) is -0.465. The number of nitrogens with zero attached hydrogens (tertiary/aromatic N) is 1. The van der Waals surface area contributed by atoms with E-state index >= 15 is 0 Å². The molecule has 1 amide bonds. The molecule has 0 radical (unpaired) electrons. The summed E-state index contributed by atoms with van der Waals surface area (Å²) in [6, 6.07) is 1.37. The van der Waals surface area contributed by atoms with Crippen molar-refractivity contribution in [1.82, 2.24) is 0 Å². The molecule has 1 rings (SSSR count). The van der Waals surface area contributed by atoms with Crippen molar-refractivity contribution in [2.75, 3.05) is 0 Å². The van der Waals surface area contributed by atoms with Crippen molar-refractivity contribution >= 4 is 5.91 Å². The molecule has 3 atom stereocenters. The molecule has 0 aromatic heterocycles. The first-order chi connectivity index (χ1) is 4.66. The van der Waals surface area contributed by atoms with E-state index < -0.39 is 6.04 Å². The van der Waals surface area contributed by atoms with Crippen molar-refractivity contribution in [3.05, 3.63) is 0 Å². The number of carbonyl (C=O) groups excluding carboxylic acids is 1. The number of primary amides is 1. The topological polar surface area (TPSA) is 92.9 Å². The zero-order chi connectivity index (χ0) is 7.72. The van der Waals surface area contributed by atoms with E-state index in [1.165, 1.54) is 0 Å². The van der Waals surface area contributed by atoms with E-state index in [0.717, 1.165) is 0 Å². The fourth-order valence-electron chi connectivity index (χ4n) is 1.03. The molecule has 0 heterocycles. The van der Waals surface area contributed by atoms with Crippen LogP contribution in [0.4, 0.5) is 0 Å². The van der Waals surface area contributed by atoms with Gasteiger partial charge in [0, 0.05) is 5.92 Å². The largest absolute Gasteiger partial charge is 0.369 e. The number of amides is 1. The van der Waals surface area contributed by atoms with Gasteiger partial charge in [-0.1, -0.05) is 0 Å². The van der Waals surface area contributed by atoms with E-state index in [1.807, 2.05) is 6.07 Å². The van der Waals surface area contributed by atoms with Gasteiger partial charge in [0.25, 0.3) is 0 Å². The van der Waals surface area contributed by atoms with Crippen LogP contribution in [0.25, 0.3) is 0 Å². The van der Waals surface area contributed by atoms with Gasteiger partial charge in [0.05, 0.1) is 12.1 Å². The molecule has 10 heavy (non-hydrogen) atoms. The van der Waals surface area contributed by atoms with Gasteiger partial charge in [0.1, 0.15) is 0 Å². The lowest BCUT2D eigenvalue weighted by Gasteiger charge is -1.96. The summed E-state index contributed by atoms with van der Waals surface area (Å²) in [5, 5.41) is 8.32. The molecule has 0 aromatic rings. The van der Waals surface area contributed by atoms with E-state index in [0.29, 0.717) is 6.42 Å². The van der Waals surface area contributed by atoms with Gasteiger partial charge in [-0.3, -0.25) is 4.79 Å². The lowest BCUT2D eigenvalue weighted by atomic mass is 10.2. The lowest BCUT2D eigenvalue weighted by molar-refractivity contribution is -0.119. The summed E-state index contributed by atoms with van der Waals surface area (Å²) < 4.78 is 0. The fraction of sp³-hybridized carbons (Fsp3) is 0.667. The van der Waals surface area contributed by atoms with Gasteiger partial charge in [-0.15, -0.1) is 0 Å². The van der Waals surface area contributed by atoms with Crippen molar-refractivity contribution < 1.29 is 4.79 Å². The highest BCUT2D eigenvalue weighted by atomic mass is 16.1. The highest BCUT2D eigenvalue weighted by molar-refractivity contribution is 5.79. The highest BCUT2D eigenvalue weighted by Gasteiger charge is 2.45. The first kappa shape index (κ1) is 7.03. The molecule has 1 fully saturated rings. The summed E-state index contributed by atoms with van der Waals surface area (Å²) >= 11 is 0. The lowest BCUT2D eigenvalue weighted by Crippen LogP contribution is -2.24. The molecule has 1 saturated carbocycles. The van der Waals surface area contributed by atoms with Gasteiger partial charge in [-0.05, 0) is 12.3 Å². The summed E-state index contributed by atoms with van der Waals surface area (Å²) in [4.78, 5) is 10.4. The standard InChI is InChI=1S/C6H9N3O/c7-2-5(8)3-1-4(3)6(9)10/h3-5H,1,8H2,(H2,9,10). The zero-order valence-electron chi connectivity index (χ0n) is 5.45. The molecule has 0 aliphatic heterocycles. The Hall–Kier alpha value is -1.08. The fourth-order valence-corrected chi connectivity index (χ4v) is 1.03. The van der Waals surface area contributed by atoms with Gasteiger partial charge in [-0.25, -0.2) is 0 Å². The average molecular weight is 139 g/mol. The van der Waals surface area contributed by atoms with Gasteiger partial charge >= 0.3 is 0 Å². The zero-order valence-corrected chi connectivity index (χ0v) is 5.45. The minimum absolute atomic E-state index is 0.0162. The third-order valence-electron chi connectivity index (χ3n) is 1.82. The van der Waals surface area contributed by atoms with E-state index in [2.05, 4.69) is 0 Å². The highest BCUT2D eigenvalue weighted by Crippen LogP contribution is 2.39. The minimum atomic E-state index is -0.516. The predicted molar refractivity (Wildman–Crippen MR) is 34.4 cm³/mol. The minimum Gasteiger partial charge on any atom is -0.369 e. The maximum absolute atomic E-state index is 10.4. The molecule has 4 nitrogen and oxygen atoms in total. The molecule has 4 N–H and O–H groups in total. The maximum atomic E-state index is 10.4. The van der Waals surface area contributed by atoms with Crippen LogP contribution in [0.2, 0.25) is 0 Å². The van der Waals surface area contributed by atoms with Gasteiger partial charge in [0.2, 0.25) is 5.91 Å². The van der Waals surface area contributed by atoms with Gasteiger partial charge in [-0.2, -0.15) is 5.26 Å². The number of nitrogens with two attached hydrogens (primary N) is 2. The van der Waals surface area contributed by atoms with Gasteiger partial charge in [0.15, 0.2) is 0 Å². The number of nitriles is 1. The van der Waals surface area contributed by atoms with Crippen molar-refractivity contribution in [2.45, 2.75) is 12.5 Å². The van der Waals surface area contributed by atoms with Crippen molar-refractivity contribution in [2.24, 2.45) is 23.3 Å². The molecular weight excluding hydrogens is 130 g/mol. The molecule has 0 saturated heterocycles. The molecule has 0 spiro atoms. The van der Waals surface area contributed by atoms with Crippen molar-refractivity contribution in [1.29, 1.82) is 5.26 Å². The Morgan fingerprint density at radius 3 is 2.70 bits per heavy atom. The Bertz CT molecular complexity index is 196. The molecule has 1 aliphatic carbocycles. The van der Waals surface area contributed by atoms with Crippen LogP contribution in [0.15, 0.2) is 0 Å².